The van der Waals surface area contributed by atoms with Crippen LogP contribution in [0.3, 0.4) is 0 Å². The van der Waals surface area contributed by atoms with Crippen molar-refractivity contribution >= 4 is 17.6 Å². The normalized spacial score (nSPS) is 26.0. The minimum Gasteiger partial charge on any atom is -0.452 e. The predicted octanol–water partition coefficient (Wildman–Crippen LogP) is 3.00. The predicted molar refractivity (Wildman–Crippen MR) is 105 cm³/mol. The Hall–Kier alpha value is -2.90. The Kier molecular flexibility index (Phi) is 4.80. The molecule has 1 N–H and O–H groups in total. The number of carbonyl (C=O) groups excluding carboxylic acids is 2. The van der Waals surface area contributed by atoms with E-state index in [-0.39, 0.29) is 16.6 Å². The van der Waals surface area contributed by atoms with Gasteiger partial charge in [0.05, 0.1) is 6.54 Å². The molecule has 2 fully saturated rings. The lowest BCUT2D eigenvalue weighted by molar-refractivity contribution is -0.124. The van der Waals surface area contributed by atoms with Crippen LogP contribution in [0.5, 0.6) is 0 Å². The quantitative estimate of drug-likeness (QED) is 0.596. The maximum Gasteiger partial charge on any atom is 0.374 e. The molecule has 2 bridgehead atoms. The molecule has 8 heteroatoms. The third-order valence-corrected chi connectivity index (χ3v) is 6.90. The van der Waals surface area contributed by atoms with Crippen molar-refractivity contribution in [2.24, 2.45) is 21.8 Å². The number of fused-ring (bicyclic) bond motifs is 2. The van der Waals surface area contributed by atoms with Crippen LogP contribution in [-0.2, 0) is 16.1 Å². The minimum atomic E-state index is -0.687. The van der Waals surface area contributed by atoms with E-state index in [4.69, 9.17) is 9.15 Å². The summed E-state index contributed by atoms with van der Waals surface area (Å²) in [4.78, 5) is 24.2. The zero-order valence-electron chi connectivity index (χ0n) is 17.0. The molecule has 0 aromatic carbocycles. The molecule has 2 aliphatic rings. The maximum atomic E-state index is 12.1. The third-order valence-electron chi connectivity index (χ3n) is 6.90. The molecule has 2 aromatic rings. The summed E-state index contributed by atoms with van der Waals surface area (Å²) in [5.74, 6) is 0.0824. The number of hydrogen-bond acceptors (Lipinski definition) is 6. The van der Waals surface area contributed by atoms with Gasteiger partial charge in [-0.15, -0.1) is 0 Å². The van der Waals surface area contributed by atoms with Crippen LogP contribution in [0.25, 0.3) is 0 Å². The zero-order valence-corrected chi connectivity index (χ0v) is 17.0. The average Bonchev–Trinajstić information content (AvgIpc) is 3.44. The Morgan fingerprint density at radius 1 is 1.38 bits per heavy atom. The first-order valence-corrected chi connectivity index (χ1v) is 9.89. The van der Waals surface area contributed by atoms with Crippen LogP contribution in [0.4, 0.5) is 0 Å². The van der Waals surface area contributed by atoms with Crippen molar-refractivity contribution < 1.29 is 18.7 Å². The zero-order chi connectivity index (χ0) is 20.6. The number of hydrogen-bond donors (Lipinski definition) is 1. The summed E-state index contributed by atoms with van der Waals surface area (Å²) in [5.41, 5.74) is 3.78. The van der Waals surface area contributed by atoms with E-state index in [2.05, 4.69) is 36.4 Å². The van der Waals surface area contributed by atoms with Crippen LogP contribution in [0, 0.1) is 16.7 Å². The van der Waals surface area contributed by atoms with E-state index in [0.717, 1.165) is 18.6 Å². The first-order valence-electron chi connectivity index (χ1n) is 9.89. The first kappa shape index (κ1) is 19.4. The number of hydrazone groups is 1. The van der Waals surface area contributed by atoms with E-state index < -0.39 is 18.5 Å². The molecule has 29 heavy (non-hydrogen) atoms. The summed E-state index contributed by atoms with van der Waals surface area (Å²) in [6.45, 7) is 6.78. The third kappa shape index (κ3) is 3.47. The highest BCUT2D eigenvalue weighted by Crippen LogP contribution is 2.63. The fourth-order valence-corrected chi connectivity index (χ4v) is 4.59. The summed E-state index contributed by atoms with van der Waals surface area (Å²) in [6, 6.07) is 5.01. The number of aromatic nitrogens is 2. The molecule has 0 radical (unpaired) electrons. The second-order valence-corrected chi connectivity index (χ2v) is 8.63. The Bertz CT molecular complexity index is 944. The largest absolute Gasteiger partial charge is 0.452 e. The lowest BCUT2D eigenvalue weighted by Crippen LogP contribution is -2.34. The van der Waals surface area contributed by atoms with Crippen molar-refractivity contribution in [1.29, 1.82) is 0 Å². The Balaban J connectivity index is 1.28. The molecule has 0 saturated heterocycles. The molecular weight excluding hydrogens is 372 g/mol. The van der Waals surface area contributed by atoms with E-state index in [9.17, 15) is 9.59 Å². The molecule has 2 aliphatic carbocycles. The Morgan fingerprint density at radius 2 is 2.21 bits per heavy atom. The molecule has 4 rings (SSSR count). The van der Waals surface area contributed by atoms with Gasteiger partial charge in [-0.05, 0) is 48.8 Å². The van der Waals surface area contributed by atoms with Crippen LogP contribution in [-0.4, -0.2) is 34.0 Å². The van der Waals surface area contributed by atoms with Gasteiger partial charge in [-0.1, -0.05) is 20.8 Å². The van der Waals surface area contributed by atoms with Crippen LogP contribution in [0.15, 0.2) is 40.1 Å². The lowest BCUT2D eigenvalue weighted by Gasteiger charge is -2.34. The highest BCUT2D eigenvalue weighted by molar-refractivity contribution is 5.95. The Labute approximate surface area is 169 Å². The number of ether oxygens (including phenoxy) is 1. The molecule has 8 nitrogen and oxygen atoms in total. The number of furan rings is 1. The summed E-state index contributed by atoms with van der Waals surface area (Å²) < 4.78 is 12.2. The highest BCUT2D eigenvalue weighted by Gasteiger charge is 2.60. The molecule has 2 unspecified atom stereocenters. The van der Waals surface area contributed by atoms with E-state index >= 15 is 0 Å². The standard InChI is InChI=1S/C21H26N4O4/c1-20(2)14-7-8-21(20,3)17(11-14)23-24-18(26)13-28-19(27)16-6-5-15(29-16)12-25-10-4-9-22-25/h4-6,9-10,14H,7-8,11-13H2,1-3H3,(H,24,26)/b23-17-. The van der Waals surface area contributed by atoms with Crippen LogP contribution >= 0.6 is 0 Å². The van der Waals surface area contributed by atoms with Crippen LogP contribution in [0.2, 0.25) is 0 Å². The van der Waals surface area contributed by atoms with E-state index in [1.807, 2.05) is 0 Å². The van der Waals surface area contributed by atoms with Gasteiger partial charge in [-0.25, -0.2) is 10.2 Å². The molecule has 2 aromatic heterocycles. The van der Waals surface area contributed by atoms with Crippen molar-refractivity contribution in [1.82, 2.24) is 15.2 Å². The monoisotopic (exact) mass is 398 g/mol. The summed E-state index contributed by atoms with van der Waals surface area (Å²) in [7, 11) is 0. The molecule has 0 aliphatic heterocycles. The Morgan fingerprint density at radius 3 is 2.86 bits per heavy atom. The number of amides is 1. The van der Waals surface area contributed by atoms with Crippen molar-refractivity contribution in [3.05, 3.63) is 42.1 Å². The number of carbonyl (C=O) groups is 2. The van der Waals surface area contributed by atoms with Gasteiger partial charge >= 0.3 is 5.97 Å². The molecule has 2 atom stereocenters. The number of rotatable bonds is 6. The second kappa shape index (κ2) is 7.17. The van der Waals surface area contributed by atoms with Gasteiger partial charge in [-0.2, -0.15) is 10.2 Å². The SMILES string of the molecule is CC12CCC(C/C1=N/NC(=O)COC(=O)c1ccc(Cn3cccn3)o1)C2(C)C. The van der Waals surface area contributed by atoms with Gasteiger partial charge in [0.15, 0.2) is 6.61 Å². The fourth-order valence-electron chi connectivity index (χ4n) is 4.59. The van der Waals surface area contributed by atoms with Crippen molar-refractivity contribution in [3.8, 4) is 0 Å². The summed E-state index contributed by atoms with van der Waals surface area (Å²) in [5, 5.41) is 8.44. The summed E-state index contributed by atoms with van der Waals surface area (Å²) >= 11 is 0. The van der Waals surface area contributed by atoms with Crippen molar-refractivity contribution in [3.63, 3.8) is 0 Å². The number of esters is 1. The van der Waals surface area contributed by atoms with Crippen LogP contribution in [0.1, 0.15) is 56.3 Å². The molecule has 154 valence electrons. The minimum absolute atomic E-state index is 0.0147. The van der Waals surface area contributed by atoms with Crippen molar-refractivity contribution in [2.45, 2.75) is 46.6 Å². The van der Waals surface area contributed by atoms with Gasteiger partial charge < -0.3 is 9.15 Å². The van der Waals surface area contributed by atoms with Crippen LogP contribution < -0.4 is 5.43 Å². The van der Waals surface area contributed by atoms with E-state index in [1.165, 1.54) is 12.5 Å². The van der Waals surface area contributed by atoms with E-state index in [0.29, 0.717) is 18.2 Å². The van der Waals surface area contributed by atoms with Gasteiger partial charge in [0.1, 0.15) is 5.76 Å². The number of nitrogens with one attached hydrogen (secondary N) is 1. The topological polar surface area (TPSA) is 98.7 Å². The first-order chi connectivity index (χ1) is 13.8. The molecule has 2 saturated carbocycles. The average molecular weight is 398 g/mol. The fraction of sp³-hybridized carbons (Fsp3) is 0.524. The number of nitrogens with zero attached hydrogens (tertiary/aromatic N) is 3. The summed E-state index contributed by atoms with van der Waals surface area (Å²) in [6.07, 6.45) is 6.67. The molecule has 2 heterocycles. The maximum absolute atomic E-state index is 12.1. The lowest BCUT2D eigenvalue weighted by atomic mass is 9.70. The van der Waals surface area contributed by atoms with Gasteiger partial charge in [-0.3, -0.25) is 9.48 Å². The molecule has 1 amide bonds. The smallest absolute Gasteiger partial charge is 0.374 e. The van der Waals surface area contributed by atoms with Crippen molar-refractivity contribution in [2.75, 3.05) is 6.61 Å². The van der Waals surface area contributed by atoms with Gasteiger partial charge in [0.2, 0.25) is 5.76 Å². The second-order valence-electron chi connectivity index (χ2n) is 8.63. The molecule has 0 spiro atoms. The highest BCUT2D eigenvalue weighted by atomic mass is 16.5. The van der Waals surface area contributed by atoms with Gasteiger partial charge in [0.25, 0.3) is 5.91 Å². The van der Waals surface area contributed by atoms with E-state index in [1.54, 1.807) is 29.2 Å². The van der Waals surface area contributed by atoms with Gasteiger partial charge in [0, 0.05) is 23.5 Å². The molecular formula is C21H26N4O4.